The van der Waals surface area contributed by atoms with Crippen LogP contribution in [0.15, 0.2) is 66.7 Å². The summed E-state index contributed by atoms with van der Waals surface area (Å²) in [4.78, 5) is 40.1. The smallest absolute Gasteiger partial charge is 0.261 e. The van der Waals surface area contributed by atoms with Gasteiger partial charge in [-0.2, -0.15) is 0 Å². The van der Waals surface area contributed by atoms with Crippen molar-refractivity contribution in [2.45, 2.75) is 19.0 Å². The van der Waals surface area contributed by atoms with Gasteiger partial charge in [-0.15, -0.1) is 0 Å². The average molecular weight is 452 g/mol. The van der Waals surface area contributed by atoms with Crippen LogP contribution in [0.4, 0.5) is 10.1 Å². The van der Waals surface area contributed by atoms with E-state index >= 15 is 0 Å². The van der Waals surface area contributed by atoms with Crippen LogP contribution in [0.5, 0.6) is 0 Å². The summed E-state index contributed by atoms with van der Waals surface area (Å²) in [6.07, 6.45) is 0.00549. The molecular formula is C24H19ClFN3O3. The summed E-state index contributed by atoms with van der Waals surface area (Å²) in [5.41, 5.74) is 7.89. The molecule has 6 nitrogen and oxygen atoms in total. The second-order valence-electron chi connectivity index (χ2n) is 7.48. The van der Waals surface area contributed by atoms with Gasteiger partial charge in [-0.3, -0.25) is 19.3 Å². The third-order valence-electron chi connectivity index (χ3n) is 5.28. The van der Waals surface area contributed by atoms with Gasteiger partial charge in [-0.1, -0.05) is 41.9 Å². The molecule has 0 fully saturated rings. The molecule has 0 aromatic heterocycles. The summed E-state index contributed by atoms with van der Waals surface area (Å²) < 4.78 is 13.7. The number of nitrogens with one attached hydrogen (secondary N) is 1. The number of amides is 3. The van der Waals surface area contributed by atoms with Crippen molar-refractivity contribution in [3.05, 3.63) is 99.8 Å². The molecular weight excluding hydrogens is 433 g/mol. The standard InChI is InChI=1S/C24H19ClFN3O3/c25-19-9-8-15(12-20(19)27)22(30)28-21(11-14-4-3-6-17(26)10-14)24(32)29-13-16-5-1-2-7-18(16)23(29)31/h1-10,12,21H,11,13,27H2,(H,28,30)/t21-/m0/s1. The molecule has 0 bridgehead atoms. The summed E-state index contributed by atoms with van der Waals surface area (Å²) in [6, 6.07) is 15.9. The summed E-state index contributed by atoms with van der Waals surface area (Å²) in [5.74, 6) is -2.03. The number of carbonyl (C=O) groups excluding carboxylic acids is 3. The Morgan fingerprint density at radius 1 is 1.09 bits per heavy atom. The first-order chi connectivity index (χ1) is 15.3. The fourth-order valence-corrected chi connectivity index (χ4v) is 3.76. The number of nitrogens with two attached hydrogens (primary N) is 1. The van der Waals surface area contributed by atoms with Gasteiger partial charge in [0.15, 0.2) is 0 Å². The number of hydrogen-bond acceptors (Lipinski definition) is 4. The number of halogens is 2. The minimum atomic E-state index is -1.10. The number of hydrogen-bond donors (Lipinski definition) is 2. The zero-order valence-corrected chi connectivity index (χ0v) is 17.6. The van der Waals surface area contributed by atoms with Crippen LogP contribution in [0.1, 0.15) is 31.8 Å². The van der Waals surface area contributed by atoms with E-state index in [9.17, 15) is 18.8 Å². The second kappa shape index (κ2) is 8.80. The van der Waals surface area contributed by atoms with Crippen LogP contribution in [-0.4, -0.2) is 28.7 Å². The van der Waals surface area contributed by atoms with Crippen LogP contribution in [0.2, 0.25) is 5.02 Å². The summed E-state index contributed by atoms with van der Waals surface area (Å²) in [6.45, 7) is 0.108. The van der Waals surface area contributed by atoms with E-state index in [1.807, 2.05) is 0 Å². The van der Waals surface area contributed by atoms with Crippen molar-refractivity contribution in [3.8, 4) is 0 Å². The van der Waals surface area contributed by atoms with E-state index in [0.29, 0.717) is 16.1 Å². The Labute approximate surface area is 188 Å². The summed E-state index contributed by atoms with van der Waals surface area (Å²) in [5, 5.41) is 2.97. The van der Waals surface area contributed by atoms with Gasteiger partial charge in [-0.25, -0.2) is 4.39 Å². The Morgan fingerprint density at radius 2 is 1.88 bits per heavy atom. The molecule has 0 spiro atoms. The van der Waals surface area contributed by atoms with Gasteiger partial charge in [0.2, 0.25) is 0 Å². The highest BCUT2D eigenvalue weighted by molar-refractivity contribution is 6.33. The molecule has 3 amide bonds. The molecule has 1 atom stereocenters. The van der Waals surface area contributed by atoms with E-state index in [1.165, 1.54) is 36.4 Å². The van der Waals surface area contributed by atoms with E-state index in [-0.39, 0.29) is 24.2 Å². The van der Waals surface area contributed by atoms with Crippen LogP contribution < -0.4 is 11.1 Å². The van der Waals surface area contributed by atoms with E-state index in [1.54, 1.807) is 30.3 Å². The minimum absolute atomic E-state index is 0.00549. The number of carbonyl (C=O) groups is 3. The number of fused-ring (bicyclic) bond motifs is 1. The molecule has 0 radical (unpaired) electrons. The van der Waals surface area contributed by atoms with Gasteiger partial charge in [-0.05, 0) is 47.5 Å². The molecule has 0 aliphatic carbocycles. The lowest BCUT2D eigenvalue weighted by Gasteiger charge is -2.23. The van der Waals surface area contributed by atoms with Gasteiger partial charge in [0, 0.05) is 17.5 Å². The molecule has 4 rings (SSSR count). The molecule has 0 saturated heterocycles. The highest BCUT2D eigenvalue weighted by atomic mass is 35.5. The maximum atomic E-state index is 13.7. The second-order valence-corrected chi connectivity index (χ2v) is 7.89. The number of nitrogen functional groups attached to an aromatic ring is 1. The highest BCUT2D eigenvalue weighted by Gasteiger charge is 2.36. The Bertz CT molecular complexity index is 1230. The van der Waals surface area contributed by atoms with Crippen LogP contribution in [0.25, 0.3) is 0 Å². The predicted octanol–water partition coefficient (Wildman–Crippen LogP) is 3.59. The van der Waals surface area contributed by atoms with E-state index in [2.05, 4.69) is 5.32 Å². The van der Waals surface area contributed by atoms with Gasteiger partial charge in [0.1, 0.15) is 11.9 Å². The number of imide groups is 1. The quantitative estimate of drug-likeness (QED) is 0.580. The Hall–Kier alpha value is -3.71. The van der Waals surface area contributed by atoms with Crippen molar-refractivity contribution in [1.29, 1.82) is 0 Å². The molecule has 3 aromatic rings. The monoisotopic (exact) mass is 451 g/mol. The zero-order chi connectivity index (χ0) is 22.8. The van der Waals surface area contributed by atoms with Crippen molar-refractivity contribution >= 4 is 35.0 Å². The van der Waals surface area contributed by atoms with Gasteiger partial charge in [0.25, 0.3) is 17.7 Å². The summed E-state index contributed by atoms with van der Waals surface area (Å²) in [7, 11) is 0. The lowest BCUT2D eigenvalue weighted by atomic mass is 10.0. The van der Waals surface area contributed by atoms with Crippen LogP contribution >= 0.6 is 11.6 Å². The Balaban J connectivity index is 1.61. The normalized spacial score (nSPS) is 13.6. The van der Waals surface area contributed by atoms with Crippen molar-refractivity contribution in [2.24, 2.45) is 0 Å². The van der Waals surface area contributed by atoms with Crippen molar-refractivity contribution in [1.82, 2.24) is 10.2 Å². The molecule has 32 heavy (non-hydrogen) atoms. The fraction of sp³-hybridized carbons (Fsp3) is 0.125. The molecule has 0 unspecified atom stereocenters. The average Bonchev–Trinajstić information content (AvgIpc) is 3.11. The first-order valence-corrected chi connectivity index (χ1v) is 10.2. The lowest BCUT2D eigenvalue weighted by molar-refractivity contribution is -0.130. The first kappa shape index (κ1) is 21.5. The predicted molar refractivity (Wildman–Crippen MR) is 119 cm³/mol. The van der Waals surface area contributed by atoms with Crippen molar-refractivity contribution in [3.63, 3.8) is 0 Å². The maximum Gasteiger partial charge on any atom is 0.261 e. The van der Waals surface area contributed by atoms with Crippen LogP contribution in [-0.2, 0) is 17.8 Å². The van der Waals surface area contributed by atoms with Crippen molar-refractivity contribution in [2.75, 3.05) is 5.73 Å². The van der Waals surface area contributed by atoms with Gasteiger partial charge in [0.05, 0.1) is 17.3 Å². The molecule has 1 aliphatic rings. The number of nitrogens with zero attached hydrogens (tertiary/aromatic N) is 1. The number of benzene rings is 3. The Kier molecular flexibility index (Phi) is 5.92. The molecule has 0 saturated carbocycles. The van der Waals surface area contributed by atoms with Gasteiger partial charge < -0.3 is 11.1 Å². The topological polar surface area (TPSA) is 92.5 Å². The lowest BCUT2D eigenvalue weighted by Crippen LogP contribution is -2.49. The number of rotatable bonds is 5. The van der Waals surface area contributed by atoms with E-state index in [4.69, 9.17) is 17.3 Å². The number of anilines is 1. The molecule has 1 heterocycles. The minimum Gasteiger partial charge on any atom is -0.398 e. The molecule has 1 aliphatic heterocycles. The highest BCUT2D eigenvalue weighted by Crippen LogP contribution is 2.24. The summed E-state index contributed by atoms with van der Waals surface area (Å²) >= 11 is 5.92. The third kappa shape index (κ3) is 4.33. The third-order valence-corrected chi connectivity index (χ3v) is 5.62. The first-order valence-electron chi connectivity index (χ1n) is 9.87. The van der Waals surface area contributed by atoms with E-state index < -0.39 is 29.6 Å². The largest absolute Gasteiger partial charge is 0.398 e. The molecule has 3 N–H and O–H groups in total. The molecule has 162 valence electrons. The maximum absolute atomic E-state index is 13.7. The molecule has 8 heteroatoms. The van der Waals surface area contributed by atoms with E-state index in [0.717, 1.165) is 10.5 Å². The fourth-order valence-electron chi connectivity index (χ4n) is 3.65. The van der Waals surface area contributed by atoms with Crippen LogP contribution in [0, 0.1) is 5.82 Å². The van der Waals surface area contributed by atoms with Gasteiger partial charge >= 0.3 is 0 Å². The molecule has 3 aromatic carbocycles. The Morgan fingerprint density at radius 3 is 2.59 bits per heavy atom. The zero-order valence-electron chi connectivity index (χ0n) is 16.8. The SMILES string of the molecule is Nc1cc(C(=O)N[C@@H](Cc2cccc(F)c2)C(=O)N2Cc3ccccc3C2=O)ccc1Cl. The van der Waals surface area contributed by atoms with Crippen molar-refractivity contribution < 1.29 is 18.8 Å². The van der Waals surface area contributed by atoms with Crippen LogP contribution in [0.3, 0.4) is 0 Å².